The maximum Gasteiger partial charge on any atom is 0.222 e. The second-order valence-electron chi connectivity index (χ2n) is 6.69. The molecule has 1 aliphatic rings. The van der Waals surface area contributed by atoms with E-state index in [-0.39, 0.29) is 29.9 Å². The lowest BCUT2D eigenvalue weighted by Crippen LogP contribution is -2.39. The fourth-order valence-electron chi connectivity index (χ4n) is 3.22. The molecule has 2 heterocycles. The van der Waals surface area contributed by atoms with Gasteiger partial charge in [0, 0.05) is 44.6 Å². The van der Waals surface area contributed by atoms with Crippen LogP contribution in [0, 0.1) is 0 Å². The van der Waals surface area contributed by atoms with Crippen LogP contribution in [0.3, 0.4) is 0 Å². The standard InChI is InChI=1S/C19H33N5O2.HI/c1-4-15(5-2)17-13-16(26-23-17)14-22-19(20-6-3)21-10-8-12-24-11-7-9-18(24)25;/h13,15H,4-12,14H2,1-3H3,(H2,20,21,22);1H. The summed E-state index contributed by atoms with van der Waals surface area (Å²) in [5, 5.41) is 10.7. The maximum atomic E-state index is 11.6. The molecule has 1 aromatic heterocycles. The van der Waals surface area contributed by atoms with Gasteiger partial charge in [0.05, 0.1) is 5.69 Å². The molecule has 0 unspecified atom stereocenters. The number of carbonyl (C=O) groups is 1. The molecule has 154 valence electrons. The lowest BCUT2D eigenvalue weighted by atomic mass is 9.99. The minimum Gasteiger partial charge on any atom is -0.359 e. The van der Waals surface area contributed by atoms with E-state index < -0.39 is 0 Å². The van der Waals surface area contributed by atoms with Crippen LogP contribution < -0.4 is 10.6 Å². The molecule has 0 aromatic carbocycles. The molecular weight excluding hydrogens is 457 g/mol. The van der Waals surface area contributed by atoms with E-state index in [1.165, 1.54) is 0 Å². The van der Waals surface area contributed by atoms with Crippen LogP contribution in [-0.2, 0) is 11.3 Å². The van der Waals surface area contributed by atoms with Gasteiger partial charge < -0.3 is 20.1 Å². The van der Waals surface area contributed by atoms with Crippen LogP contribution >= 0.6 is 24.0 Å². The van der Waals surface area contributed by atoms with Crippen molar-refractivity contribution in [3.63, 3.8) is 0 Å². The van der Waals surface area contributed by atoms with Crippen molar-refractivity contribution in [2.45, 2.75) is 65.3 Å². The van der Waals surface area contributed by atoms with Gasteiger partial charge in [0.1, 0.15) is 6.54 Å². The van der Waals surface area contributed by atoms with Crippen molar-refractivity contribution < 1.29 is 9.32 Å². The Balaban J connectivity index is 0.00000364. The van der Waals surface area contributed by atoms with Crippen LogP contribution in [0.5, 0.6) is 0 Å². The minimum atomic E-state index is 0. The second kappa shape index (κ2) is 13.0. The largest absolute Gasteiger partial charge is 0.359 e. The molecule has 1 amide bonds. The first-order valence-electron chi connectivity index (χ1n) is 9.93. The molecule has 7 nitrogen and oxygen atoms in total. The molecule has 0 spiro atoms. The van der Waals surface area contributed by atoms with Crippen molar-refractivity contribution >= 4 is 35.8 Å². The van der Waals surface area contributed by atoms with E-state index >= 15 is 0 Å². The van der Waals surface area contributed by atoms with Crippen molar-refractivity contribution in [1.29, 1.82) is 0 Å². The predicted octanol–water partition coefficient (Wildman–Crippen LogP) is 3.26. The third-order valence-electron chi connectivity index (χ3n) is 4.79. The van der Waals surface area contributed by atoms with Crippen LogP contribution in [0.4, 0.5) is 0 Å². The van der Waals surface area contributed by atoms with Crippen LogP contribution in [0.25, 0.3) is 0 Å². The highest BCUT2D eigenvalue weighted by Gasteiger charge is 2.19. The molecule has 0 saturated carbocycles. The fraction of sp³-hybridized carbons (Fsp3) is 0.737. The van der Waals surface area contributed by atoms with Crippen molar-refractivity contribution in [1.82, 2.24) is 20.7 Å². The van der Waals surface area contributed by atoms with E-state index in [1.54, 1.807) is 0 Å². The summed E-state index contributed by atoms with van der Waals surface area (Å²) in [6, 6.07) is 2.02. The van der Waals surface area contributed by atoms with Crippen LogP contribution in [-0.4, -0.2) is 48.1 Å². The molecule has 1 aliphatic heterocycles. The highest BCUT2D eigenvalue weighted by atomic mass is 127. The molecule has 2 N–H and O–H groups in total. The highest BCUT2D eigenvalue weighted by molar-refractivity contribution is 14.0. The average molecular weight is 491 g/mol. The van der Waals surface area contributed by atoms with Crippen LogP contribution in [0.2, 0.25) is 0 Å². The molecule has 27 heavy (non-hydrogen) atoms. The summed E-state index contributed by atoms with van der Waals surface area (Å²) in [4.78, 5) is 18.1. The molecule has 1 saturated heterocycles. The van der Waals surface area contributed by atoms with Gasteiger partial charge >= 0.3 is 0 Å². The quantitative estimate of drug-likeness (QED) is 0.227. The molecule has 1 fully saturated rings. The van der Waals surface area contributed by atoms with Gasteiger partial charge in [-0.1, -0.05) is 19.0 Å². The summed E-state index contributed by atoms with van der Waals surface area (Å²) in [6.07, 6.45) is 4.74. The Bertz CT molecular complexity index is 586. The first kappa shape index (κ1) is 23.7. The van der Waals surface area contributed by atoms with Gasteiger partial charge in [-0.3, -0.25) is 4.79 Å². The highest BCUT2D eigenvalue weighted by Crippen LogP contribution is 2.22. The average Bonchev–Trinajstić information content (AvgIpc) is 3.27. The fourth-order valence-corrected chi connectivity index (χ4v) is 3.22. The number of aromatic nitrogens is 1. The van der Waals surface area contributed by atoms with E-state index in [9.17, 15) is 4.79 Å². The summed E-state index contributed by atoms with van der Waals surface area (Å²) < 4.78 is 5.43. The normalized spacial score (nSPS) is 14.6. The van der Waals surface area contributed by atoms with Crippen LogP contribution in [0.15, 0.2) is 15.6 Å². The van der Waals surface area contributed by atoms with Gasteiger partial charge in [-0.25, -0.2) is 4.99 Å². The molecule has 2 rings (SSSR count). The van der Waals surface area contributed by atoms with E-state index in [1.807, 2.05) is 17.9 Å². The lowest BCUT2D eigenvalue weighted by Gasteiger charge is -2.16. The zero-order valence-corrected chi connectivity index (χ0v) is 19.1. The van der Waals surface area contributed by atoms with Gasteiger partial charge in [-0.2, -0.15) is 0 Å². The summed E-state index contributed by atoms with van der Waals surface area (Å²) >= 11 is 0. The summed E-state index contributed by atoms with van der Waals surface area (Å²) in [6.45, 7) is 10.1. The molecule has 0 aliphatic carbocycles. The molecule has 1 aromatic rings. The molecule has 8 heteroatoms. The van der Waals surface area contributed by atoms with Gasteiger partial charge in [0.2, 0.25) is 5.91 Å². The van der Waals surface area contributed by atoms with Gasteiger partial charge in [0.15, 0.2) is 11.7 Å². The number of hydrogen-bond acceptors (Lipinski definition) is 4. The number of nitrogens with one attached hydrogen (secondary N) is 2. The Morgan fingerprint density at radius 2 is 2.11 bits per heavy atom. The number of amides is 1. The summed E-state index contributed by atoms with van der Waals surface area (Å²) in [5.74, 6) is 2.28. The first-order chi connectivity index (χ1) is 12.7. The number of carbonyl (C=O) groups excluding carboxylic acids is 1. The van der Waals surface area contributed by atoms with E-state index in [4.69, 9.17) is 4.52 Å². The minimum absolute atomic E-state index is 0. The van der Waals surface area contributed by atoms with Gasteiger partial charge in [-0.05, 0) is 32.6 Å². The topological polar surface area (TPSA) is 82.8 Å². The number of hydrogen-bond donors (Lipinski definition) is 2. The third kappa shape index (κ3) is 7.67. The zero-order valence-electron chi connectivity index (χ0n) is 16.8. The van der Waals surface area contributed by atoms with Crippen molar-refractivity contribution in [3.05, 3.63) is 17.5 Å². The molecular formula is C19H34IN5O2. The summed E-state index contributed by atoms with van der Waals surface area (Å²) in [7, 11) is 0. The monoisotopic (exact) mass is 491 g/mol. The number of nitrogens with zero attached hydrogens (tertiary/aromatic N) is 3. The van der Waals surface area contributed by atoms with E-state index in [2.05, 4.69) is 34.6 Å². The van der Waals surface area contributed by atoms with Gasteiger partial charge in [-0.15, -0.1) is 24.0 Å². The van der Waals surface area contributed by atoms with E-state index in [0.717, 1.165) is 69.3 Å². The number of aliphatic imine (C=N–C) groups is 1. The van der Waals surface area contributed by atoms with Crippen molar-refractivity contribution in [2.24, 2.45) is 4.99 Å². The number of halogens is 1. The van der Waals surface area contributed by atoms with Crippen molar-refractivity contribution in [2.75, 3.05) is 26.2 Å². The number of likely N-dealkylation sites (tertiary alicyclic amines) is 1. The Kier molecular flexibility index (Phi) is 11.4. The van der Waals surface area contributed by atoms with E-state index in [0.29, 0.717) is 18.9 Å². The van der Waals surface area contributed by atoms with Crippen LogP contribution in [0.1, 0.15) is 70.2 Å². The van der Waals surface area contributed by atoms with Gasteiger partial charge in [0.25, 0.3) is 0 Å². The Morgan fingerprint density at radius 1 is 1.33 bits per heavy atom. The maximum absolute atomic E-state index is 11.6. The molecule has 0 atom stereocenters. The number of guanidine groups is 1. The first-order valence-corrected chi connectivity index (χ1v) is 9.93. The molecule has 0 bridgehead atoms. The Hall–Kier alpha value is -1.32. The number of rotatable bonds is 10. The van der Waals surface area contributed by atoms with Crippen molar-refractivity contribution in [3.8, 4) is 0 Å². The Morgan fingerprint density at radius 3 is 2.74 bits per heavy atom. The summed E-state index contributed by atoms with van der Waals surface area (Å²) in [5.41, 5.74) is 1.02. The predicted molar refractivity (Wildman–Crippen MR) is 118 cm³/mol. The smallest absolute Gasteiger partial charge is 0.222 e. The Labute approximate surface area is 179 Å². The zero-order chi connectivity index (χ0) is 18.8. The SMILES string of the molecule is CCNC(=NCc1cc(C(CC)CC)no1)NCCCN1CCCC1=O.I. The molecule has 0 radical (unpaired) electrons. The third-order valence-corrected chi connectivity index (χ3v) is 4.79. The second-order valence-corrected chi connectivity index (χ2v) is 6.69. The lowest BCUT2D eigenvalue weighted by molar-refractivity contribution is -0.127.